The van der Waals surface area contributed by atoms with Gasteiger partial charge in [-0.05, 0) is 14.0 Å². The van der Waals surface area contributed by atoms with Gasteiger partial charge >= 0.3 is 0 Å². The average molecular weight is 229 g/mol. The van der Waals surface area contributed by atoms with E-state index in [-0.39, 0.29) is 0 Å². The predicted molar refractivity (Wildman–Crippen MR) is 64.5 cm³/mol. The van der Waals surface area contributed by atoms with Gasteiger partial charge in [-0.2, -0.15) is 0 Å². The lowest BCUT2D eigenvalue weighted by Crippen LogP contribution is -2.21. The molecule has 0 saturated carbocycles. The highest BCUT2D eigenvalue weighted by Gasteiger charge is 2.04. The Morgan fingerprint density at radius 1 is 1.60 bits per heavy atom. The maximum Gasteiger partial charge on any atom is 0.182 e. The highest BCUT2D eigenvalue weighted by Crippen LogP contribution is 2.18. The van der Waals surface area contributed by atoms with Gasteiger partial charge in [0.25, 0.3) is 0 Å². The van der Waals surface area contributed by atoms with E-state index in [0.29, 0.717) is 0 Å². The summed E-state index contributed by atoms with van der Waals surface area (Å²) in [6.45, 7) is 5.66. The largest absolute Gasteiger partial charge is 0.383 e. The number of nitrogens with one attached hydrogen (secondary N) is 1. The molecule has 86 valence electrons. The molecule has 0 amide bonds. The summed E-state index contributed by atoms with van der Waals surface area (Å²) in [5.74, 6) is 0. The van der Waals surface area contributed by atoms with Crippen molar-refractivity contribution >= 4 is 16.5 Å². The summed E-state index contributed by atoms with van der Waals surface area (Å²) in [4.78, 5) is 7.80. The van der Waals surface area contributed by atoms with Crippen LogP contribution in [0.15, 0.2) is 6.20 Å². The Morgan fingerprint density at radius 2 is 2.40 bits per heavy atom. The van der Waals surface area contributed by atoms with E-state index in [1.165, 1.54) is 4.88 Å². The molecule has 5 heteroatoms. The van der Waals surface area contributed by atoms with Crippen molar-refractivity contribution in [2.45, 2.75) is 13.5 Å². The van der Waals surface area contributed by atoms with Crippen molar-refractivity contribution in [3.63, 3.8) is 0 Å². The third-order valence-corrected chi connectivity index (χ3v) is 2.92. The molecule has 1 aromatic heterocycles. The van der Waals surface area contributed by atoms with Gasteiger partial charge in [0.15, 0.2) is 5.13 Å². The van der Waals surface area contributed by atoms with E-state index in [2.05, 4.69) is 29.2 Å². The van der Waals surface area contributed by atoms with Gasteiger partial charge in [-0.1, -0.05) is 0 Å². The molecule has 15 heavy (non-hydrogen) atoms. The lowest BCUT2D eigenvalue weighted by molar-refractivity contribution is 0.159. The van der Waals surface area contributed by atoms with E-state index in [1.807, 2.05) is 6.20 Å². The van der Waals surface area contributed by atoms with E-state index in [0.717, 1.165) is 31.4 Å². The van der Waals surface area contributed by atoms with Gasteiger partial charge in [0.2, 0.25) is 0 Å². The minimum Gasteiger partial charge on any atom is -0.383 e. The first kappa shape index (κ1) is 12.4. The summed E-state index contributed by atoms with van der Waals surface area (Å²) in [5.41, 5.74) is 0. The summed E-state index contributed by atoms with van der Waals surface area (Å²) in [6.07, 6.45) is 1.94. The van der Waals surface area contributed by atoms with E-state index in [4.69, 9.17) is 4.74 Å². The number of nitrogens with zero attached hydrogens (tertiary/aromatic N) is 2. The number of ether oxygens (including phenoxy) is 1. The van der Waals surface area contributed by atoms with Crippen molar-refractivity contribution in [2.75, 3.05) is 39.2 Å². The van der Waals surface area contributed by atoms with Crippen molar-refractivity contribution in [1.29, 1.82) is 0 Å². The van der Waals surface area contributed by atoms with Crippen LogP contribution in [0, 0.1) is 0 Å². The smallest absolute Gasteiger partial charge is 0.182 e. The molecule has 0 fully saturated rings. The SMILES string of the molecule is CCNc1ncc(CN(C)CCOC)s1. The Labute approximate surface area is 95.3 Å². The van der Waals surface area contributed by atoms with Crippen LogP contribution in [-0.4, -0.2) is 43.7 Å². The first-order valence-electron chi connectivity index (χ1n) is 5.12. The highest BCUT2D eigenvalue weighted by atomic mass is 32.1. The molecular weight excluding hydrogens is 210 g/mol. The van der Waals surface area contributed by atoms with Gasteiger partial charge in [-0.15, -0.1) is 11.3 Å². The summed E-state index contributed by atoms with van der Waals surface area (Å²) >= 11 is 1.71. The van der Waals surface area contributed by atoms with Gasteiger partial charge in [0.1, 0.15) is 0 Å². The maximum atomic E-state index is 5.03. The Hall–Kier alpha value is -0.650. The zero-order valence-corrected chi connectivity index (χ0v) is 10.4. The molecule has 0 aliphatic heterocycles. The van der Waals surface area contributed by atoms with Crippen LogP contribution in [0.3, 0.4) is 0 Å². The van der Waals surface area contributed by atoms with Crippen molar-refractivity contribution in [2.24, 2.45) is 0 Å². The van der Waals surface area contributed by atoms with Gasteiger partial charge in [0.05, 0.1) is 6.61 Å². The zero-order valence-electron chi connectivity index (χ0n) is 9.62. The molecule has 1 rings (SSSR count). The number of rotatable bonds is 7. The summed E-state index contributed by atoms with van der Waals surface area (Å²) in [6, 6.07) is 0. The molecule has 0 saturated heterocycles. The quantitative estimate of drug-likeness (QED) is 0.771. The normalized spacial score (nSPS) is 10.9. The molecule has 0 spiro atoms. The number of aromatic nitrogens is 1. The first-order valence-corrected chi connectivity index (χ1v) is 5.94. The van der Waals surface area contributed by atoms with E-state index >= 15 is 0 Å². The van der Waals surface area contributed by atoms with Crippen LogP contribution in [0.1, 0.15) is 11.8 Å². The fourth-order valence-electron chi connectivity index (χ4n) is 1.21. The second kappa shape index (κ2) is 6.76. The second-order valence-corrected chi connectivity index (χ2v) is 4.51. The number of likely N-dealkylation sites (N-methyl/N-ethyl adjacent to an activating group) is 1. The molecule has 1 N–H and O–H groups in total. The third kappa shape index (κ3) is 4.59. The van der Waals surface area contributed by atoms with Crippen LogP contribution in [-0.2, 0) is 11.3 Å². The maximum absolute atomic E-state index is 5.03. The van der Waals surface area contributed by atoms with Crippen molar-refractivity contribution < 1.29 is 4.74 Å². The fourth-order valence-corrected chi connectivity index (χ4v) is 2.17. The minimum absolute atomic E-state index is 0.773. The topological polar surface area (TPSA) is 37.4 Å². The summed E-state index contributed by atoms with van der Waals surface area (Å²) in [5, 5.41) is 4.22. The van der Waals surface area contributed by atoms with Crippen molar-refractivity contribution in [1.82, 2.24) is 9.88 Å². The van der Waals surface area contributed by atoms with Gasteiger partial charge in [-0.3, -0.25) is 4.90 Å². The second-order valence-electron chi connectivity index (χ2n) is 3.39. The molecule has 4 nitrogen and oxygen atoms in total. The van der Waals surface area contributed by atoms with Gasteiger partial charge in [-0.25, -0.2) is 4.98 Å². The number of anilines is 1. The molecule has 0 aromatic carbocycles. The van der Waals surface area contributed by atoms with Gasteiger partial charge in [0, 0.05) is 37.8 Å². The van der Waals surface area contributed by atoms with Crippen LogP contribution in [0.5, 0.6) is 0 Å². The Balaban J connectivity index is 2.35. The standard InChI is InChI=1S/C10H19N3OS/c1-4-11-10-12-7-9(15-10)8-13(2)5-6-14-3/h7H,4-6,8H2,1-3H3,(H,11,12). The van der Waals surface area contributed by atoms with Crippen LogP contribution in [0.4, 0.5) is 5.13 Å². The molecule has 0 aliphatic carbocycles. The van der Waals surface area contributed by atoms with Crippen molar-refractivity contribution in [3.8, 4) is 0 Å². The molecule has 0 bridgehead atoms. The molecule has 0 aliphatic rings. The molecule has 0 atom stereocenters. The van der Waals surface area contributed by atoms with Crippen molar-refractivity contribution in [3.05, 3.63) is 11.1 Å². The van der Waals surface area contributed by atoms with Crippen LogP contribution in [0.25, 0.3) is 0 Å². The first-order chi connectivity index (χ1) is 7.26. The summed E-state index contributed by atoms with van der Waals surface area (Å²) in [7, 11) is 3.81. The molecule has 1 heterocycles. The Kier molecular flexibility index (Phi) is 5.60. The Morgan fingerprint density at radius 3 is 3.07 bits per heavy atom. The lowest BCUT2D eigenvalue weighted by atomic mass is 10.5. The lowest BCUT2D eigenvalue weighted by Gasteiger charge is -2.13. The predicted octanol–water partition coefficient (Wildman–Crippen LogP) is 1.65. The minimum atomic E-state index is 0.773. The van der Waals surface area contributed by atoms with E-state index < -0.39 is 0 Å². The number of hydrogen-bond acceptors (Lipinski definition) is 5. The molecule has 1 aromatic rings. The number of methoxy groups -OCH3 is 1. The molecular formula is C10H19N3OS. The van der Waals surface area contributed by atoms with Gasteiger partial charge < -0.3 is 10.1 Å². The van der Waals surface area contributed by atoms with Crippen LogP contribution in [0.2, 0.25) is 0 Å². The highest BCUT2D eigenvalue weighted by molar-refractivity contribution is 7.15. The average Bonchev–Trinajstić information content (AvgIpc) is 2.63. The Bertz CT molecular complexity index is 277. The van der Waals surface area contributed by atoms with Crippen LogP contribution >= 0.6 is 11.3 Å². The summed E-state index contributed by atoms with van der Waals surface area (Å²) < 4.78 is 5.03. The third-order valence-electron chi connectivity index (χ3n) is 1.98. The molecule has 0 unspecified atom stereocenters. The monoisotopic (exact) mass is 229 g/mol. The molecule has 0 radical (unpaired) electrons. The van der Waals surface area contributed by atoms with E-state index in [9.17, 15) is 0 Å². The van der Waals surface area contributed by atoms with E-state index in [1.54, 1.807) is 18.4 Å². The fraction of sp³-hybridized carbons (Fsp3) is 0.700. The number of thiazole rings is 1. The van der Waals surface area contributed by atoms with Crippen LogP contribution < -0.4 is 5.32 Å². The number of hydrogen-bond donors (Lipinski definition) is 1. The zero-order chi connectivity index (χ0) is 11.1.